The van der Waals surface area contributed by atoms with Gasteiger partial charge in [-0.05, 0) is 5.56 Å². The normalized spacial score (nSPS) is 10.6. The second-order valence-corrected chi connectivity index (χ2v) is 4.33. The zero-order chi connectivity index (χ0) is 13.2. The third-order valence-corrected chi connectivity index (χ3v) is 3.05. The van der Waals surface area contributed by atoms with Gasteiger partial charge in [-0.1, -0.05) is 60.7 Å². The molecule has 3 rings (SSSR count). The van der Waals surface area contributed by atoms with Gasteiger partial charge in [0, 0.05) is 12.6 Å². The van der Waals surface area contributed by atoms with Gasteiger partial charge in [-0.15, -0.1) is 0 Å². The summed E-state index contributed by atoms with van der Waals surface area (Å²) in [6.07, 6.45) is 0. The minimum Gasteiger partial charge on any atom is -0.375 e. The number of nitrogens with zero attached hydrogens (tertiary/aromatic N) is 1. The summed E-state index contributed by atoms with van der Waals surface area (Å²) in [6, 6.07) is 19.2. The molecule has 0 unspecified atom stereocenters. The smallest absolute Gasteiger partial charge is 0.290 e. The fourth-order valence-corrected chi connectivity index (χ4v) is 2.12. The summed E-state index contributed by atoms with van der Waals surface area (Å²) >= 11 is 0. The Balaban J connectivity index is 2.28. The van der Waals surface area contributed by atoms with E-state index in [1.54, 1.807) is 7.05 Å². The van der Waals surface area contributed by atoms with Crippen molar-refractivity contribution in [2.75, 3.05) is 0 Å². The molecule has 94 valence electrons. The first-order valence-electron chi connectivity index (χ1n) is 6.08. The fourth-order valence-electron chi connectivity index (χ4n) is 2.12. The van der Waals surface area contributed by atoms with E-state index >= 15 is 0 Å². The molecule has 0 aliphatic heterocycles. The van der Waals surface area contributed by atoms with Crippen molar-refractivity contribution < 1.29 is 4.52 Å². The standard InChI is InChI=1S/C16H13NO2/c1-17-16(18)14(12-8-4-2-5-9-12)15(19-17)13-10-6-3-7-11-13/h2-11H,1H3. The largest absolute Gasteiger partial charge is 0.375 e. The molecule has 0 radical (unpaired) electrons. The van der Waals surface area contributed by atoms with Crippen LogP contribution in [0.15, 0.2) is 70.0 Å². The molecule has 0 atom stereocenters. The highest BCUT2D eigenvalue weighted by atomic mass is 16.5. The van der Waals surface area contributed by atoms with E-state index in [0.717, 1.165) is 11.1 Å². The Bertz CT molecular complexity index is 739. The minimum atomic E-state index is -0.120. The van der Waals surface area contributed by atoms with Crippen LogP contribution in [0.25, 0.3) is 22.5 Å². The van der Waals surface area contributed by atoms with Crippen LogP contribution in [-0.4, -0.2) is 4.74 Å². The van der Waals surface area contributed by atoms with Gasteiger partial charge in [-0.2, -0.15) is 4.74 Å². The van der Waals surface area contributed by atoms with Crippen LogP contribution in [0, 0.1) is 0 Å². The third-order valence-electron chi connectivity index (χ3n) is 3.05. The van der Waals surface area contributed by atoms with Crippen molar-refractivity contribution in [3.63, 3.8) is 0 Å². The Morgan fingerprint density at radius 3 is 1.95 bits per heavy atom. The summed E-state index contributed by atoms with van der Waals surface area (Å²) in [5, 5.41) is 0. The van der Waals surface area contributed by atoms with E-state index in [-0.39, 0.29) is 5.56 Å². The molecule has 0 saturated heterocycles. The number of hydrogen-bond donors (Lipinski definition) is 0. The second kappa shape index (κ2) is 4.61. The molecule has 1 aromatic heterocycles. The van der Waals surface area contributed by atoms with Gasteiger partial charge in [-0.3, -0.25) is 4.79 Å². The van der Waals surface area contributed by atoms with Crippen LogP contribution in [0.4, 0.5) is 0 Å². The van der Waals surface area contributed by atoms with Gasteiger partial charge in [0.25, 0.3) is 5.56 Å². The molecule has 0 bridgehead atoms. The van der Waals surface area contributed by atoms with E-state index in [1.807, 2.05) is 60.7 Å². The van der Waals surface area contributed by atoms with Gasteiger partial charge in [0.15, 0.2) is 5.76 Å². The number of hydrogen-bond acceptors (Lipinski definition) is 2. The molecule has 0 spiro atoms. The number of aryl methyl sites for hydroxylation is 1. The van der Waals surface area contributed by atoms with Gasteiger partial charge >= 0.3 is 0 Å². The minimum absolute atomic E-state index is 0.120. The molecule has 3 heteroatoms. The van der Waals surface area contributed by atoms with Gasteiger partial charge < -0.3 is 4.52 Å². The highest BCUT2D eigenvalue weighted by Gasteiger charge is 2.18. The number of aromatic nitrogens is 1. The maximum Gasteiger partial charge on any atom is 0.290 e. The zero-order valence-corrected chi connectivity index (χ0v) is 10.5. The van der Waals surface area contributed by atoms with Crippen LogP contribution >= 0.6 is 0 Å². The predicted octanol–water partition coefficient (Wildman–Crippen LogP) is 3.31. The van der Waals surface area contributed by atoms with Crippen LogP contribution in [-0.2, 0) is 7.05 Å². The van der Waals surface area contributed by atoms with E-state index in [2.05, 4.69) is 0 Å². The quantitative estimate of drug-likeness (QED) is 0.700. The van der Waals surface area contributed by atoms with E-state index in [4.69, 9.17) is 4.52 Å². The van der Waals surface area contributed by atoms with Crippen molar-refractivity contribution in [1.29, 1.82) is 0 Å². The van der Waals surface area contributed by atoms with Crippen LogP contribution in [0.5, 0.6) is 0 Å². The summed E-state index contributed by atoms with van der Waals surface area (Å²) in [5.74, 6) is 0.610. The van der Waals surface area contributed by atoms with Crippen molar-refractivity contribution >= 4 is 0 Å². The van der Waals surface area contributed by atoms with Crippen LogP contribution in [0.3, 0.4) is 0 Å². The Labute approximate surface area is 110 Å². The molecule has 0 aliphatic rings. The molecule has 3 nitrogen and oxygen atoms in total. The second-order valence-electron chi connectivity index (χ2n) is 4.33. The summed E-state index contributed by atoms with van der Waals surface area (Å²) in [7, 11) is 1.63. The van der Waals surface area contributed by atoms with Crippen LogP contribution in [0.2, 0.25) is 0 Å². The van der Waals surface area contributed by atoms with Crippen molar-refractivity contribution in [1.82, 2.24) is 4.74 Å². The molecular weight excluding hydrogens is 238 g/mol. The van der Waals surface area contributed by atoms with Crippen LogP contribution in [0.1, 0.15) is 0 Å². The highest BCUT2D eigenvalue weighted by Crippen LogP contribution is 2.29. The molecule has 0 amide bonds. The lowest BCUT2D eigenvalue weighted by molar-refractivity contribution is 0.307. The third kappa shape index (κ3) is 1.99. The Morgan fingerprint density at radius 2 is 1.37 bits per heavy atom. The van der Waals surface area contributed by atoms with Gasteiger partial charge in [-0.25, -0.2) is 0 Å². The monoisotopic (exact) mass is 251 g/mol. The lowest BCUT2D eigenvalue weighted by Gasteiger charge is -2.00. The van der Waals surface area contributed by atoms with E-state index in [9.17, 15) is 4.79 Å². The first-order valence-corrected chi connectivity index (χ1v) is 6.08. The highest BCUT2D eigenvalue weighted by molar-refractivity contribution is 5.78. The summed E-state index contributed by atoms with van der Waals surface area (Å²) in [5.41, 5.74) is 2.26. The SMILES string of the molecule is Cn1oc(-c2ccccc2)c(-c2ccccc2)c1=O. The van der Waals surface area contributed by atoms with E-state index in [1.165, 1.54) is 4.74 Å². The Hall–Kier alpha value is -2.55. The number of rotatable bonds is 2. The average Bonchev–Trinajstić information content (AvgIpc) is 2.77. The van der Waals surface area contributed by atoms with Crippen molar-refractivity contribution in [2.45, 2.75) is 0 Å². The van der Waals surface area contributed by atoms with E-state index in [0.29, 0.717) is 11.3 Å². The molecule has 2 aromatic carbocycles. The summed E-state index contributed by atoms with van der Waals surface area (Å²) in [6.45, 7) is 0. The van der Waals surface area contributed by atoms with Gasteiger partial charge in [0.1, 0.15) is 0 Å². The zero-order valence-electron chi connectivity index (χ0n) is 10.5. The van der Waals surface area contributed by atoms with Crippen molar-refractivity contribution in [3.05, 3.63) is 71.0 Å². The van der Waals surface area contributed by atoms with Gasteiger partial charge in [0.05, 0.1) is 5.56 Å². The lowest BCUT2D eigenvalue weighted by atomic mass is 10.0. The van der Waals surface area contributed by atoms with E-state index < -0.39 is 0 Å². The average molecular weight is 251 g/mol. The number of benzene rings is 2. The Kier molecular flexibility index (Phi) is 2.80. The molecule has 0 saturated carbocycles. The van der Waals surface area contributed by atoms with Crippen molar-refractivity contribution in [2.24, 2.45) is 7.05 Å². The molecular formula is C16H13NO2. The molecule has 19 heavy (non-hydrogen) atoms. The maximum absolute atomic E-state index is 12.2. The molecule has 0 aliphatic carbocycles. The molecule has 3 aromatic rings. The first kappa shape index (κ1) is 11.5. The first-order chi connectivity index (χ1) is 9.27. The Morgan fingerprint density at radius 1 is 0.842 bits per heavy atom. The fraction of sp³-hybridized carbons (Fsp3) is 0.0625. The topological polar surface area (TPSA) is 35.1 Å². The summed E-state index contributed by atoms with van der Waals surface area (Å²) in [4.78, 5) is 12.2. The van der Waals surface area contributed by atoms with Crippen LogP contribution < -0.4 is 5.56 Å². The van der Waals surface area contributed by atoms with Crippen molar-refractivity contribution in [3.8, 4) is 22.5 Å². The predicted molar refractivity (Wildman–Crippen MR) is 74.8 cm³/mol. The lowest BCUT2D eigenvalue weighted by Crippen LogP contribution is -2.11. The maximum atomic E-state index is 12.2. The molecule has 0 fully saturated rings. The molecule has 0 N–H and O–H groups in total. The molecule has 1 heterocycles. The summed E-state index contributed by atoms with van der Waals surface area (Å²) < 4.78 is 6.86. The van der Waals surface area contributed by atoms with Gasteiger partial charge in [0.2, 0.25) is 0 Å².